The largest absolute Gasteiger partial charge is 0.372 e. The molecule has 2 heteroatoms. The number of unbranched alkanes of at least 4 members (excludes halogenated alkanes) is 38. The summed E-state index contributed by atoms with van der Waals surface area (Å²) in [5.74, 6) is 0. The van der Waals surface area contributed by atoms with Crippen LogP contribution >= 0.6 is 0 Å². The van der Waals surface area contributed by atoms with Crippen molar-refractivity contribution in [2.45, 2.75) is 271 Å². The first-order valence-corrected chi connectivity index (χ1v) is 27.2. The Morgan fingerprint density at radius 1 is 0.317 bits per heavy atom. The normalized spacial score (nSPS) is 11.7. The maximum atomic E-state index is 2.70. The Morgan fingerprint density at radius 2 is 0.550 bits per heavy atom. The fourth-order valence-electron chi connectivity index (χ4n) is 9.10. The average molecular weight is 828 g/mol. The third kappa shape index (κ3) is 33.5. The number of aromatic nitrogens is 1. The molecule has 1 aromatic heterocycles. The van der Waals surface area contributed by atoms with Crippen molar-refractivity contribution >= 4 is 17.8 Å². The third-order valence-corrected chi connectivity index (χ3v) is 13.3. The molecule has 0 bridgehead atoms. The SMILES string of the molecule is CCCCCCCCCCCCCCCCCCCCCCN(CCCCCCCCCCCCCCCCCCCCCC)c1ccc(/C=C/c2cc[n+](C)cc2)cc1. The first-order valence-electron chi connectivity index (χ1n) is 27.2. The van der Waals surface area contributed by atoms with Crippen molar-refractivity contribution in [2.75, 3.05) is 18.0 Å². The van der Waals surface area contributed by atoms with Crippen molar-refractivity contribution in [3.8, 4) is 0 Å². The molecule has 344 valence electrons. The summed E-state index contributed by atoms with van der Waals surface area (Å²) < 4.78 is 2.09. The van der Waals surface area contributed by atoms with Crippen LogP contribution in [0.1, 0.15) is 282 Å². The molecule has 1 heterocycles. The summed E-state index contributed by atoms with van der Waals surface area (Å²) in [5.41, 5.74) is 3.94. The summed E-state index contributed by atoms with van der Waals surface area (Å²) >= 11 is 0. The zero-order valence-electron chi connectivity index (χ0n) is 40.9. The van der Waals surface area contributed by atoms with Crippen molar-refractivity contribution in [1.82, 2.24) is 0 Å². The van der Waals surface area contributed by atoms with Crippen LogP contribution in [-0.2, 0) is 7.05 Å². The van der Waals surface area contributed by atoms with Crippen LogP contribution in [0.4, 0.5) is 5.69 Å². The molecule has 0 saturated carbocycles. The Labute approximate surface area is 376 Å². The van der Waals surface area contributed by atoms with E-state index in [0.29, 0.717) is 0 Å². The molecular weight excluding hydrogens is 725 g/mol. The van der Waals surface area contributed by atoms with Crippen LogP contribution in [0.2, 0.25) is 0 Å². The Bertz CT molecular complexity index is 1120. The molecule has 0 fully saturated rings. The molecule has 2 nitrogen and oxygen atoms in total. The van der Waals surface area contributed by atoms with E-state index in [0.717, 1.165) is 0 Å². The smallest absolute Gasteiger partial charge is 0.169 e. The molecule has 2 rings (SSSR count). The van der Waals surface area contributed by atoms with E-state index >= 15 is 0 Å². The van der Waals surface area contributed by atoms with E-state index in [4.69, 9.17) is 0 Å². The zero-order chi connectivity index (χ0) is 42.7. The lowest BCUT2D eigenvalue weighted by atomic mass is 10.0. The van der Waals surface area contributed by atoms with Gasteiger partial charge in [0.2, 0.25) is 0 Å². The van der Waals surface area contributed by atoms with Crippen LogP contribution < -0.4 is 9.47 Å². The Morgan fingerprint density at radius 3 is 0.817 bits per heavy atom. The van der Waals surface area contributed by atoms with Crippen molar-refractivity contribution in [3.63, 3.8) is 0 Å². The van der Waals surface area contributed by atoms with E-state index in [1.807, 2.05) is 0 Å². The second-order valence-electron chi connectivity index (χ2n) is 19.1. The maximum Gasteiger partial charge on any atom is 0.169 e. The van der Waals surface area contributed by atoms with Gasteiger partial charge in [-0.1, -0.05) is 282 Å². The number of anilines is 1. The maximum absolute atomic E-state index is 2.70. The molecule has 1 aromatic carbocycles. The quantitative estimate of drug-likeness (QED) is 0.0476. The fraction of sp³-hybridized carbons (Fsp3) is 0.776. The van der Waals surface area contributed by atoms with E-state index in [1.165, 1.54) is 287 Å². The summed E-state index contributed by atoms with van der Waals surface area (Å²) in [6.07, 6.45) is 66.4. The third-order valence-electron chi connectivity index (χ3n) is 13.3. The molecule has 0 radical (unpaired) electrons. The lowest BCUT2D eigenvalue weighted by Gasteiger charge is -2.25. The molecule has 2 aromatic rings. The van der Waals surface area contributed by atoms with Gasteiger partial charge in [-0.2, -0.15) is 0 Å². The average Bonchev–Trinajstić information content (AvgIpc) is 3.27. The molecule has 0 aliphatic carbocycles. The van der Waals surface area contributed by atoms with Crippen LogP contribution in [0.5, 0.6) is 0 Å². The molecule has 0 atom stereocenters. The van der Waals surface area contributed by atoms with Crippen LogP contribution in [0.25, 0.3) is 12.2 Å². The Kier molecular flexibility index (Phi) is 38.0. The first kappa shape index (κ1) is 54.0. The Hall–Kier alpha value is -2.09. The summed E-state index contributed by atoms with van der Waals surface area (Å²) in [5, 5.41) is 0. The number of rotatable bonds is 45. The second-order valence-corrected chi connectivity index (χ2v) is 19.1. The molecule has 0 saturated heterocycles. The summed E-state index contributed by atoms with van der Waals surface area (Å²) in [6.45, 7) is 7.03. The van der Waals surface area contributed by atoms with Gasteiger partial charge in [0, 0.05) is 30.9 Å². The van der Waals surface area contributed by atoms with E-state index in [9.17, 15) is 0 Å². The topological polar surface area (TPSA) is 7.12 Å². The molecular formula is C58H103N2+. The minimum atomic E-state index is 1.20. The fourth-order valence-corrected chi connectivity index (χ4v) is 9.10. The lowest BCUT2D eigenvalue weighted by Crippen LogP contribution is -2.25. The molecule has 0 aliphatic heterocycles. The van der Waals surface area contributed by atoms with Crippen molar-refractivity contribution in [2.24, 2.45) is 7.05 Å². The summed E-state index contributed by atoms with van der Waals surface area (Å²) in [6, 6.07) is 13.7. The minimum Gasteiger partial charge on any atom is -0.372 e. The van der Waals surface area contributed by atoms with Gasteiger partial charge in [0.25, 0.3) is 0 Å². The van der Waals surface area contributed by atoms with Crippen molar-refractivity contribution in [1.29, 1.82) is 0 Å². The van der Waals surface area contributed by atoms with Crippen LogP contribution in [0.3, 0.4) is 0 Å². The lowest BCUT2D eigenvalue weighted by molar-refractivity contribution is -0.671. The first-order chi connectivity index (χ1) is 29.7. The molecule has 0 unspecified atom stereocenters. The zero-order valence-corrected chi connectivity index (χ0v) is 40.9. The van der Waals surface area contributed by atoms with E-state index in [1.54, 1.807) is 0 Å². The molecule has 60 heavy (non-hydrogen) atoms. The van der Waals surface area contributed by atoms with Gasteiger partial charge in [0.05, 0.1) is 0 Å². The van der Waals surface area contributed by atoms with Crippen LogP contribution in [-0.4, -0.2) is 13.1 Å². The summed E-state index contributed by atoms with van der Waals surface area (Å²) in [4.78, 5) is 2.70. The van der Waals surface area contributed by atoms with Gasteiger partial charge < -0.3 is 4.90 Å². The minimum absolute atomic E-state index is 1.20. The molecule has 0 N–H and O–H groups in total. The van der Waals surface area contributed by atoms with E-state index in [-0.39, 0.29) is 0 Å². The van der Waals surface area contributed by atoms with Gasteiger partial charge in [-0.15, -0.1) is 0 Å². The highest BCUT2D eigenvalue weighted by Crippen LogP contribution is 2.21. The highest BCUT2D eigenvalue weighted by molar-refractivity contribution is 5.70. The number of benzene rings is 1. The summed E-state index contributed by atoms with van der Waals surface area (Å²) in [7, 11) is 2.07. The highest BCUT2D eigenvalue weighted by atomic mass is 15.1. The highest BCUT2D eigenvalue weighted by Gasteiger charge is 2.07. The van der Waals surface area contributed by atoms with E-state index < -0.39 is 0 Å². The predicted octanol–water partition coefficient (Wildman–Crippen LogP) is 19.1. The monoisotopic (exact) mass is 828 g/mol. The van der Waals surface area contributed by atoms with Crippen LogP contribution in [0.15, 0.2) is 48.8 Å². The molecule has 0 amide bonds. The standard InChI is InChI=1S/C58H103N2/c1-4-6-8-10-12-14-16-18-20-22-24-26-28-30-32-34-36-38-40-42-52-60(58-48-46-56(47-49-58)44-45-57-50-54-59(3)55-51-57)53-43-41-39-37-35-33-31-29-27-25-23-21-19-17-15-13-11-9-7-5-2/h44-51,54-55H,4-43,52-53H2,1-3H3/q+1. The number of pyridine rings is 1. The molecule has 0 spiro atoms. The van der Waals surface area contributed by atoms with Gasteiger partial charge in [-0.05, 0) is 36.1 Å². The molecule has 0 aliphatic rings. The Balaban J connectivity index is 1.54. The van der Waals surface area contributed by atoms with Crippen molar-refractivity contribution in [3.05, 3.63) is 59.9 Å². The predicted molar refractivity (Wildman–Crippen MR) is 271 cm³/mol. The van der Waals surface area contributed by atoms with Crippen LogP contribution in [0, 0.1) is 0 Å². The van der Waals surface area contributed by atoms with Gasteiger partial charge in [0.15, 0.2) is 12.4 Å². The number of aryl methyl sites for hydroxylation is 1. The van der Waals surface area contributed by atoms with Gasteiger partial charge in [-0.25, -0.2) is 4.57 Å². The van der Waals surface area contributed by atoms with Crippen molar-refractivity contribution < 1.29 is 4.57 Å². The second kappa shape index (κ2) is 42.2. The number of nitrogens with zero attached hydrogens (tertiary/aromatic N) is 2. The van der Waals surface area contributed by atoms with Gasteiger partial charge in [0.1, 0.15) is 7.05 Å². The number of hydrogen-bond acceptors (Lipinski definition) is 1. The number of hydrogen-bond donors (Lipinski definition) is 0. The van der Waals surface area contributed by atoms with E-state index in [2.05, 4.69) is 91.3 Å². The van der Waals surface area contributed by atoms with Gasteiger partial charge in [-0.3, -0.25) is 0 Å². The van der Waals surface area contributed by atoms with Gasteiger partial charge >= 0.3 is 0 Å².